The number of benzene rings is 2. The van der Waals surface area contributed by atoms with Gasteiger partial charge in [-0.05, 0) is 60.3 Å². The fourth-order valence-corrected chi connectivity index (χ4v) is 3.92. The Balaban J connectivity index is 2.03. The summed E-state index contributed by atoms with van der Waals surface area (Å²) in [5, 5.41) is 0. The van der Waals surface area contributed by atoms with Crippen LogP contribution in [0.25, 0.3) is 11.1 Å². The molecule has 22 heavy (non-hydrogen) atoms. The van der Waals surface area contributed by atoms with Gasteiger partial charge in [-0.3, -0.25) is 4.90 Å². The van der Waals surface area contributed by atoms with Crippen LogP contribution in [0.5, 0.6) is 11.5 Å². The van der Waals surface area contributed by atoms with Crippen molar-refractivity contribution in [1.82, 2.24) is 4.90 Å². The first-order chi connectivity index (χ1) is 10.7. The zero-order valence-corrected chi connectivity index (χ0v) is 13.3. The third-order valence-corrected chi connectivity index (χ3v) is 5.12. The SMILES string of the molecule is COc1ccc2c(c1)-c1c(OC)ccc3c1[C@H](C2)N(C)CC3. The summed E-state index contributed by atoms with van der Waals surface area (Å²) in [6, 6.07) is 11.2. The van der Waals surface area contributed by atoms with Gasteiger partial charge in [-0.25, -0.2) is 0 Å². The summed E-state index contributed by atoms with van der Waals surface area (Å²) >= 11 is 0. The Morgan fingerprint density at radius 1 is 1.05 bits per heavy atom. The molecule has 114 valence electrons. The number of ether oxygens (including phenoxy) is 2. The van der Waals surface area contributed by atoms with E-state index in [1.54, 1.807) is 14.2 Å². The second-order valence-corrected chi connectivity index (χ2v) is 6.19. The van der Waals surface area contributed by atoms with Crippen molar-refractivity contribution < 1.29 is 9.47 Å². The molecule has 0 radical (unpaired) electrons. The van der Waals surface area contributed by atoms with Crippen LogP contribution in [-0.4, -0.2) is 32.7 Å². The molecule has 1 aliphatic carbocycles. The van der Waals surface area contributed by atoms with Crippen LogP contribution < -0.4 is 9.47 Å². The van der Waals surface area contributed by atoms with Crippen LogP contribution in [0.4, 0.5) is 0 Å². The summed E-state index contributed by atoms with van der Waals surface area (Å²) < 4.78 is 11.1. The lowest BCUT2D eigenvalue weighted by molar-refractivity contribution is 0.227. The van der Waals surface area contributed by atoms with E-state index in [0.29, 0.717) is 6.04 Å². The van der Waals surface area contributed by atoms with E-state index in [-0.39, 0.29) is 0 Å². The molecule has 1 heterocycles. The fourth-order valence-electron chi connectivity index (χ4n) is 3.92. The molecule has 3 nitrogen and oxygen atoms in total. The lowest BCUT2D eigenvalue weighted by Gasteiger charge is -2.40. The molecule has 0 spiro atoms. The van der Waals surface area contributed by atoms with Crippen LogP contribution in [0.3, 0.4) is 0 Å². The van der Waals surface area contributed by atoms with Gasteiger partial charge in [-0.15, -0.1) is 0 Å². The van der Waals surface area contributed by atoms with Gasteiger partial charge in [0.1, 0.15) is 11.5 Å². The van der Waals surface area contributed by atoms with Crippen molar-refractivity contribution in [3.05, 3.63) is 47.0 Å². The maximum Gasteiger partial charge on any atom is 0.127 e. The van der Waals surface area contributed by atoms with E-state index in [4.69, 9.17) is 9.47 Å². The van der Waals surface area contributed by atoms with Crippen LogP contribution in [0.15, 0.2) is 30.3 Å². The first kappa shape index (κ1) is 13.6. The van der Waals surface area contributed by atoms with Gasteiger partial charge in [0.05, 0.1) is 14.2 Å². The Hall–Kier alpha value is -2.00. The predicted octanol–water partition coefficient (Wildman–Crippen LogP) is 3.46. The predicted molar refractivity (Wildman–Crippen MR) is 87.8 cm³/mol. The normalized spacial score (nSPS) is 19.3. The lowest BCUT2D eigenvalue weighted by atomic mass is 9.77. The van der Waals surface area contributed by atoms with Crippen LogP contribution >= 0.6 is 0 Å². The molecule has 0 saturated heterocycles. The average molecular weight is 295 g/mol. The molecule has 2 aromatic rings. The minimum absolute atomic E-state index is 0.453. The molecule has 0 aromatic heterocycles. The van der Waals surface area contributed by atoms with E-state index in [9.17, 15) is 0 Å². The Morgan fingerprint density at radius 3 is 2.64 bits per heavy atom. The topological polar surface area (TPSA) is 21.7 Å². The van der Waals surface area contributed by atoms with Crippen molar-refractivity contribution in [1.29, 1.82) is 0 Å². The van der Waals surface area contributed by atoms with Gasteiger partial charge in [-0.2, -0.15) is 0 Å². The van der Waals surface area contributed by atoms with Gasteiger partial charge < -0.3 is 9.47 Å². The molecule has 0 saturated carbocycles. The van der Waals surface area contributed by atoms with Gasteiger partial charge in [-0.1, -0.05) is 12.1 Å². The van der Waals surface area contributed by atoms with Crippen LogP contribution in [-0.2, 0) is 12.8 Å². The van der Waals surface area contributed by atoms with Crippen LogP contribution in [0, 0.1) is 0 Å². The van der Waals surface area contributed by atoms with E-state index in [1.807, 2.05) is 0 Å². The summed E-state index contributed by atoms with van der Waals surface area (Å²) in [6.07, 6.45) is 2.17. The number of hydrogen-bond acceptors (Lipinski definition) is 3. The Bertz CT molecular complexity index is 738. The van der Waals surface area contributed by atoms with E-state index < -0.39 is 0 Å². The van der Waals surface area contributed by atoms with E-state index in [0.717, 1.165) is 30.9 Å². The quantitative estimate of drug-likeness (QED) is 0.847. The summed E-state index contributed by atoms with van der Waals surface area (Å²) in [4.78, 5) is 2.47. The highest BCUT2D eigenvalue weighted by molar-refractivity contribution is 5.81. The maximum atomic E-state index is 5.69. The first-order valence-electron chi connectivity index (χ1n) is 7.80. The minimum Gasteiger partial charge on any atom is -0.497 e. The number of likely N-dealkylation sites (N-methyl/N-ethyl adjacent to an activating group) is 1. The highest BCUT2D eigenvalue weighted by atomic mass is 16.5. The van der Waals surface area contributed by atoms with Crippen LogP contribution in [0.1, 0.15) is 22.7 Å². The molecular weight excluding hydrogens is 274 g/mol. The standard InChI is InChI=1S/C19H21NO2/c1-20-9-8-12-5-7-17(22-3)19-15-11-14(21-2)6-4-13(15)10-16(20)18(12)19/h4-7,11,16H,8-10H2,1-3H3/t16-/m0/s1. The summed E-state index contributed by atoms with van der Waals surface area (Å²) in [6.45, 7) is 1.12. The molecule has 0 unspecified atom stereocenters. The van der Waals surface area contributed by atoms with Crippen molar-refractivity contribution in [2.45, 2.75) is 18.9 Å². The zero-order valence-electron chi connectivity index (χ0n) is 13.3. The molecule has 1 aliphatic heterocycles. The monoisotopic (exact) mass is 295 g/mol. The Labute approximate surface area is 131 Å². The largest absolute Gasteiger partial charge is 0.497 e. The molecule has 2 aliphatic rings. The lowest BCUT2D eigenvalue weighted by Crippen LogP contribution is -2.35. The fraction of sp³-hybridized carbons (Fsp3) is 0.368. The third kappa shape index (κ3) is 1.85. The number of hydrogen-bond donors (Lipinski definition) is 0. The summed E-state index contributed by atoms with van der Waals surface area (Å²) in [7, 11) is 5.71. The Morgan fingerprint density at radius 2 is 1.86 bits per heavy atom. The average Bonchev–Trinajstić information content (AvgIpc) is 2.57. The molecule has 0 fully saturated rings. The molecular formula is C19H21NO2. The van der Waals surface area contributed by atoms with Gasteiger partial charge in [0.25, 0.3) is 0 Å². The maximum absolute atomic E-state index is 5.69. The van der Waals surface area contributed by atoms with Gasteiger partial charge in [0.2, 0.25) is 0 Å². The number of nitrogens with zero attached hydrogens (tertiary/aromatic N) is 1. The second kappa shape index (κ2) is 5.03. The molecule has 0 N–H and O–H groups in total. The first-order valence-corrected chi connectivity index (χ1v) is 7.80. The van der Waals surface area contributed by atoms with Gasteiger partial charge >= 0.3 is 0 Å². The van der Waals surface area contributed by atoms with Crippen molar-refractivity contribution in [3.63, 3.8) is 0 Å². The summed E-state index contributed by atoms with van der Waals surface area (Å²) in [5.74, 6) is 1.87. The number of methoxy groups -OCH3 is 2. The van der Waals surface area contributed by atoms with E-state index >= 15 is 0 Å². The van der Waals surface area contributed by atoms with Gasteiger partial charge in [0.15, 0.2) is 0 Å². The zero-order chi connectivity index (χ0) is 15.3. The molecule has 1 atom stereocenters. The van der Waals surface area contributed by atoms with Gasteiger partial charge in [0, 0.05) is 18.2 Å². The molecule has 0 amide bonds. The number of rotatable bonds is 2. The molecule has 3 heteroatoms. The third-order valence-electron chi connectivity index (χ3n) is 5.12. The molecule has 2 aromatic carbocycles. The second-order valence-electron chi connectivity index (χ2n) is 6.19. The minimum atomic E-state index is 0.453. The highest BCUT2D eigenvalue weighted by Gasteiger charge is 2.34. The highest BCUT2D eigenvalue weighted by Crippen LogP contribution is 2.49. The van der Waals surface area contributed by atoms with Crippen molar-refractivity contribution in [3.8, 4) is 22.6 Å². The number of fused-ring (bicyclic) bond motifs is 2. The smallest absolute Gasteiger partial charge is 0.127 e. The Kier molecular flexibility index (Phi) is 3.12. The molecule has 0 bridgehead atoms. The van der Waals surface area contributed by atoms with Crippen molar-refractivity contribution in [2.75, 3.05) is 27.8 Å². The summed E-state index contributed by atoms with van der Waals surface area (Å²) in [5.41, 5.74) is 6.82. The van der Waals surface area contributed by atoms with Crippen molar-refractivity contribution >= 4 is 0 Å². The molecule has 4 rings (SSSR count). The van der Waals surface area contributed by atoms with Crippen molar-refractivity contribution in [2.24, 2.45) is 0 Å². The van der Waals surface area contributed by atoms with E-state index in [2.05, 4.69) is 42.3 Å². The van der Waals surface area contributed by atoms with E-state index in [1.165, 1.54) is 27.8 Å². The van der Waals surface area contributed by atoms with Crippen LogP contribution in [0.2, 0.25) is 0 Å².